The Balaban J connectivity index is 2.43. The zero-order valence-corrected chi connectivity index (χ0v) is 7.88. The van der Waals surface area contributed by atoms with Gasteiger partial charge in [0.2, 0.25) is 0 Å². The molecule has 0 amide bonds. The summed E-state index contributed by atoms with van der Waals surface area (Å²) in [4.78, 5) is 0. The van der Waals surface area contributed by atoms with E-state index in [1.165, 1.54) is 7.11 Å². The molecule has 0 unspecified atom stereocenters. The maximum absolute atomic E-state index is 11.0. The molecule has 72 valence electrons. The molecule has 0 aromatic heterocycles. The number of aliphatic hydroxyl groups is 1. The van der Waals surface area contributed by atoms with Crippen LogP contribution in [0.1, 0.15) is 19.3 Å². The highest BCUT2D eigenvalue weighted by Crippen LogP contribution is 2.26. The molecule has 1 aliphatic carbocycles. The summed E-state index contributed by atoms with van der Waals surface area (Å²) < 4.78 is 26.2. The van der Waals surface area contributed by atoms with Crippen LogP contribution in [0.15, 0.2) is 0 Å². The van der Waals surface area contributed by atoms with Crippen LogP contribution in [0, 0.1) is 5.92 Å². The van der Waals surface area contributed by atoms with E-state index in [2.05, 4.69) is 4.18 Å². The van der Waals surface area contributed by atoms with Crippen LogP contribution in [-0.2, 0) is 14.3 Å². The van der Waals surface area contributed by atoms with Gasteiger partial charge in [-0.05, 0) is 25.2 Å². The van der Waals surface area contributed by atoms with Crippen LogP contribution in [0.3, 0.4) is 0 Å². The van der Waals surface area contributed by atoms with Crippen LogP contribution in [0.25, 0.3) is 0 Å². The molecule has 2 atom stereocenters. The van der Waals surface area contributed by atoms with Crippen molar-refractivity contribution >= 4 is 10.1 Å². The molecule has 0 aliphatic heterocycles. The van der Waals surface area contributed by atoms with Crippen LogP contribution in [0.4, 0.5) is 0 Å². The van der Waals surface area contributed by atoms with Crippen molar-refractivity contribution in [1.29, 1.82) is 0 Å². The van der Waals surface area contributed by atoms with Crippen molar-refractivity contribution in [2.24, 2.45) is 5.92 Å². The van der Waals surface area contributed by atoms with Gasteiger partial charge in [-0.3, -0.25) is 4.18 Å². The van der Waals surface area contributed by atoms with E-state index in [0.717, 1.165) is 6.42 Å². The molecule has 0 aromatic rings. The summed E-state index contributed by atoms with van der Waals surface area (Å²) in [5.41, 5.74) is 0. The third-order valence-corrected chi connectivity index (χ3v) is 3.59. The topological polar surface area (TPSA) is 63.6 Å². The quantitative estimate of drug-likeness (QED) is 0.648. The van der Waals surface area contributed by atoms with E-state index in [0.29, 0.717) is 12.8 Å². The fraction of sp³-hybridized carbons (Fsp3) is 1.00. The molecular formula is C7H14O4S. The van der Waals surface area contributed by atoms with Crippen LogP contribution >= 0.6 is 0 Å². The highest BCUT2D eigenvalue weighted by molar-refractivity contribution is 7.86. The summed E-state index contributed by atoms with van der Waals surface area (Å²) in [6.45, 7) is 0. The highest BCUT2D eigenvalue weighted by Gasteiger charge is 2.27. The van der Waals surface area contributed by atoms with E-state index in [-0.39, 0.29) is 17.8 Å². The Morgan fingerprint density at radius 1 is 1.50 bits per heavy atom. The van der Waals surface area contributed by atoms with Crippen LogP contribution in [-0.4, -0.2) is 32.5 Å². The van der Waals surface area contributed by atoms with E-state index < -0.39 is 10.1 Å². The van der Waals surface area contributed by atoms with E-state index >= 15 is 0 Å². The molecule has 1 saturated carbocycles. The Morgan fingerprint density at radius 3 is 2.58 bits per heavy atom. The molecule has 12 heavy (non-hydrogen) atoms. The summed E-state index contributed by atoms with van der Waals surface area (Å²) in [5, 5.41) is 9.13. The molecule has 5 heteroatoms. The van der Waals surface area contributed by atoms with Gasteiger partial charge in [-0.2, -0.15) is 8.42 Å². The Hall–Kier alpha value is -0.130. The maximum Gasteiger partial charge on any atom is 0.267 e. The Kier molecular flexibility index (Phi) is 3.09. The van der Waals surface area contributed by atoms with Crippen molar-refractivity contribution in [2.75, 3.05) is 12.9 Å². The number of aliphatic hydroxyl groups excluding tert-OH is 1. The van der Waals surface area contributed by atoms with Gasteiger partial charge < -0.3 is 5.11 Å². The van der Waals surface area contributed by atoms with Gasteiger partial charge in [0.1, 0.15) is 0 Å². The van der Waals surface area contributed by atoms with Crippen molar-refractivity contribution < 1.29 is 17.7 Å². The van der Waals surface area contributed by atoms with Gasteiger partial charge in [0, 0.05) is 0 Å². The number of rotatable bonds is 3. The molecular weight excluding hydrogens is 180 g/mol. The van der Waals surface area contributed by atoms with Crippen molar-refractivity contribution in [3.8, 4) is 0 Å². The first-order valence-corrected chi connectivity index (χ1v) is 5.57. The molecule has 0 radical (unpaired) electrons. The lowest BCUT2D eigenvalue weighted by molar-refractivity contribution is 0.179. The third-order valence-electron chi connectivity index (χ3n) is 2.21. The van der Waals surface area contributed by atoms with Crippen LogP contribution in [0.2, 0.25) is 0 Å². The van der Waals surface area contributed by atoms with Gasteiger partial charge in [0.25, 0.3) is 10.1 Å². The third kappa shape index (κ3) is 2.73. The van der Waals surface area contributed by atoms with E-state index in [9.17, 15) is 8.42 Å². The summed E-state index contributed by atoms with van der Waals surface area (Å²) >= 11 is 0. The van der Waals surface area contributed by atoms with E-state index in [1.807, 2.05) is 0 Å². The lowest BCUT2D eigenvalue weighted by atomic mass is 10.1. The smallest absolute Gasteiger partial charge is 0.267 e. The normalized spacial score (nSPS) is 30.8. The SMILES string of the molecule is COS(=O)(=O)C[C@@H]1CC[C@@H](O)C1. The fourth-order valence-electron chi connectivity index (χ4n) is 1.56. The Morgan fingerprint density at radius 2 is 2.17 bits per heavy atom. The second-order valence-corrected chi connectivity index (χ2v) is 5.01. The van der Waals surface area contributed by atoms with Gasteiger partial charge in [0.05, 0.1) is 19.0 Å². The first kappa shape index (κ1) is 9.95. The molecule has 0 aromatic carbocycles. The van der Waals surface area contributed by atoms with Gasteiger partial charge in [0.15, 0.2) is 0 Å². The lowest BCUT2D eigenvalue weighted by Gasteiger charge is -2.07. The molecule has 1 fully saturated rings. The van der Waals surface area contributed by atoms with Gasteiger partial charge in [-0.15, -0.1) is 0 Å². The zero-order valence-electron chi connectivity index (χ0n) is 7.06. The van der Waals surface area contributed by atoms with E-state index in [1.54, 1.807) is 0 Å². The van der Waals surface area contributed by atoms with E-state index in [4.69, 9.17) is 5.11 Å². The van der Waals surface area contributed by atoms with Crippen molar-refractivity contribution in [3.63, 3.8) is 0 Å². The predicted octanol–water partition coefficient (Wildman–Crippen LogP) is 0.124. The molecule has 0 saturated heterocycles. The highest BCUT2D eigenvalue weighted by atomic mass is 32.2. The predicted molar refractivity (Wildman–Crippen MR) is 44.1 cm³/mol. The lowest BCUT2D eigenvalue weighted by Crippen LogP contribution is -2.15. The summed E-state index contributed by atoms with van der Waals surface area (Å²) in [5.74, 6) is 0.116. The zero-order chi connectivity index (χ0) is 9.19. The summed E-state index contributed by atoms with van der Waals surface area (Å²) in [7, 11) is -2.17. The maximum atomic E-state index is 11.0. The average molecular weight is 194 g/mol. The summed E-state index contributed by atoms with van der Waals surface area (Å²) in [6, 6.07) is 0. The molecule has 1 N–H and O–H groups in total. The first-order valence-electron chi connectivity index (χ1n) is 4.00. The number of hydrogen-bond donors (Lipinski definition) is 1. The minimum absolute atomic E-state index is 0.0422. The first-order chi connectivity index (χ1) is 5.53. The average Bonchev–Trinajstić information content (AvgIpc) is 2.35. The van der Waals surface area contributed by atoms with Crippen molar-refractivity contribution in [3.05, 3.63) is 0 Å². The molecule has 1 rings (SSSR count). The van der Waals surface area contributed by atoms with Gasteiger partial charge >= 0.3 is 0 Å². The molecule has 0 spiro atoms. The van der Waals surface area contributed by atoms with Crippen LogP contribution < -0.4 is 0 Å². The summed E-state index contributed by atoms with van der Waals surface area (Å²) in [6.07, 6.45) is 1.76. The van der Waals surface area contributed by atoms with Crippen molar-refractivity contribution in [1.82, 2.24) is 0 Å². The second kappa shape index (κ2) is 3.72. The largest absolute Gasteiger partial charge is 0.393 e. The van der Waals surface area contributed by atoms with Crippen LogP contribution in [0.5, 0.6) is 0 Å². The Bertz CT molecular complexity index is 234. The number of hydrogen-bond acceptors (Lipinski definition) is 4. The fourth-order valence-corrected chi connectivity index (χ4v) is 2.57. The van der Waals surface area contributed by atoms with Crippen molar-refractivity contribution in [2.45, 2.75) is 25.4 Å². The molecule has 0 heterocycles. The minimum atomic E-state index is -3.34. The molecule has 1 aliphatic rings. The van der Waals surface area contributed by atoms with Gasteiger partial charge in [-0.25, -0.2) is 0 Å². The molecule has 0 bridgehead atoms. The minimum Gasteiger partial charge on any atom is -0.393 e. The second-order valence-electron chi connectivity index (χ2n) is 3.22. The molecule has 4 nitrogen and oxygen atoms in total. The van der Waals surface area contributed by atoms with Gasteiger partial charge in [-0.1, -0.05) is 0 Å². The monoisotopic (exact) mass is 194 g/mol. The Labute approximate surface area is 72.7 Å². The standard InChI is InChI=1S/C7H14O4S/c1-11-12(9,10)5-6-2-3-7(8)4-6/h6-8H,2-5H2,1H3/t6-,7-/m1/s1.